The van der Waals surface area contributed by atoms with Gasteiger partial charge in [0.25, 0.3) is 0 Å². The van der Waals surface area contributed by atoms with Crippen LogP contribution in [0.2, 0.25) is 0 Å². The number of benzene rings is 1. The van der Waals surface area contributed by atoms with E-state index in [1.54, 1.807) is 26.0 Å². The van der Waals surface area contributed by atoms with Crippen molar-refractivity contribution < 1.29 is 23.5 Å². The zero-order chi connectivity index (χ0) is 15.0. The van der Waals surface area contributed by atoms with Gasteiger partial charge in [-0.15, -0.1) is 0 Å². The van der Waals surface area contributed by atoms with Crippen LogP contribution < -0.4 is 0 Å². The molecule has 0 aliphatic rings. The summed E-state index contributed by atoms with van der Waals surface area (Å²) in [5.74, 6) is -1.68. The molecule has 108 valence electrons. The molecule has 0 saturated carbocycles. The minimum absolute atomic E-state index is 0.0652. The molecule has 4 nitrogen and oxygen atoms in total. The van der Waals surface area contributed by atoms with Crippen LogP contribution in [0.5, 0.6) is 0 Å². The van der Waals surface area contributed by atoms with E-state index in [1.807, 2.05) is 0 Å². The SMILES string of the molecule is CCOC(=O)CC(=Cc1ccccc1F)C(=O)OCC. The van der Waals surface area contributed by atoms with Crippen molar-refractivity contribution in [2.45, 2.75) is 20.3 Å². The van der Waals surface area contributed by atoms with Gasteiger partial charge in [-0.05, 0) is 26.0 Å². The van der Waals surface area contributed by atoms with Gasteiger partial charge in [-0.25, -0.2) is 9.18 Å². The van der Waals surface area contributed by atoms with Crippen molar-refractivity contribution in [1.29, 1.82) is 0 Å². The Morgan fingerprint density at radius 3 is 2.40 bits per heavy atom. The second kappa shape index (κ2) is 8.09. The highest BCUT2D eigenvalue weighted by atomic mass is 19.1. The summed E-state index contributed by atoms with van der Waals surface area (Å²) in [5, 5.41) is 0. The maximum atomic E-state index is 13.6. The Balaban J connectivity index is 3.00. The molecule has 0 bridgehead atoms. The van der Waals surface area contributed by atoms with Crippen molar-refractivity contribution in [3.63, 3.8) is 0 Å². The van der Waals surface area contributed by atoms with Gasteiger partial charge in [0.2, 0.25) is 0 Å². The van der Waals surface area contributed by atoms with Gasteiger partial charge in [-0.2, -0.15) is 0 Å². The Bertz CT molecular complexity index is 508. The Morgan fingerprint density at radius 2 is 1.80 bits per heavy atom. The van der Waals surface area contributed by atoms with E-state index in [2.05, 4.69) is 0 Å². The molecule has 0 saturated heterocycles. The van der Waals surface area contributed by atoms with Crippen molar-refractivity contribution >= 4 is 18.0 Å². The molecule has 0 unspecified atom stereocenters. The first-order valence-electron chi connectivity index (χ1n) is 6.36. The average molecular weight is 280 g/mol. The number of carbonyl (C=O) groups excluding carboxylic acids is 2. The van der Waals surface area contributed by atoms with Crippen LogP contribution in [0.4, 0.5) is 4.39 Å². The first-order valence-corrected chi connectivity index (χ1v) is 6.36. The van der Waals surface area contributed by atoms with E-state index in [0.29, 0.717) is 0 Å². The van der Waals surface area contributed by atoms with E-state index >= 15 is 0 Å². The number of esters is 2. The lowest BCUT2D eigenvalue weighted by atomic mass is 10.1. The highest BCUT2D eigenvalue weighted by molar-refractivity contribution is 5.98. The number of hydrogen-bond donors (Lipinski definition) is 0. The maximum Gasteiger partial charge on any atom is 0.334 e. The summed E-state index contributed by atoms with van der Waals surface area (Å²) in [5.41, 5.74) is 0.287. The van der Waals surface area contributed by atoms with E-state index in [1.165, 1.54) is 18.2 Å². The molecule has 1 rings (SSSR count). The largest absolute Gasteiger partial charge is 0.466 e. The predicted octanol–water partition coefficient (Wildman–Crippen LogP) is 2.73. The fourth-order valence-electron chi connectivity index (χ4n) is 1.55. The molecule has 0 aliphatic heterocycles. The van der Waals surface area contributed by atoms with Gasteiger partial charge in [0, 0.05) is 11.1 Å². The summed E-state index contributed by atoms with van der Waals surface area (Å²) >= 11 is 0. The fourth-order valence-corrected chi connectivity index (χ4v) is 1.55. The van der Waals surface area contributed by atoms with Gasteiger partial charge < -0.3 is 9.47 Å². The topological polar surface area (TPSA) is 52.6 Å². The Hall–Kier alpha value is -2.17. The molecule has 0 N–H and O–H groups in total. The molecule has 0 amide bonds. The van der Waals surface area contributed by atoms with Crippen molar-refractivity contribution in [3.05, 3.63) is 41.2 Å². The number of halogens is 1. The first kappa shape index (κ1) is 15.9. The van der Waals surface area contributed by atoms with Crippen LogP contribution in [0.3, 0.4) is 0 Å². The second-order valence-electron chi connectivity index (χ2n) is 3.89. The van der Waals surface area contributed by atoms with Crippen molar-refractivity contribution in [3.8, 4) is 0 Å². The van der Waals surface area contributed by atoms with Gasteiger partial charge >= 0.3 is 11.9 Å². The summed E-state index contributed by atoms with van der Waals surface area (Å²) in [6, 6.07) is 5.97. The van der Waals surface area contributed by atoms with E-state index in [0.717, 1.165) is 0 Å². The van der Waals surface area contributed by atoms with E-state index in [-0.39, 0.29) is 30.8 Å². The molecule has 20 heavy (non-hydrogen) atoms. The van der Waals surface area contributed by atoms with Crippen LogP contribution in [-0.2, 0) is 19.1 Å². The van der Waals surface area contributed by atoms with Crippen LogP contribution in [0.25, 0.3) is 6.08 Å². The Morgan fingerprint density at radius 1 is 1.15 bits per heavy atom. The second-order valence-corrected chi connectivity index (χ2v) is 3.89. The normalized spacial score (nSPS) is 11.1. The third-order valence-corrected chi connectivity index (χ3v) is 2.41. The molecule has 0 atom stereocenters. The van der Waals surface area contributed by atoms with Crippen molar-refractivity contribution in [2.24, 2.45) is 0 Å². The molecule has 0 aromatic heterocycles. The fraction of sp³-hybridized carbons (Fsp3) is 0.333. The van der Waals surface area contributed by atoms with E-state index in [4.69, 9.17) is 9.47 Å². The minimum atomic E-state index is -0.649. The number of hydrogen-bond acceptors (Lipinski definition) is 4. The van der Waals surface area contributed by atoms with E-state index in [9.17, 15) is 14.0 Å². The molecule has 1 aromatic carbocycles. The zero-order valence-corrected chi connectivity index (χ0v) is 11.5. The van der Waals surface area contributed by atoms with Crippen LogP contribution in [0, 0.1) is 5.82 Å². The molecular formula is C15H17FO4. The predicted molar refractivity (Wildman–Crippen MR) is 72.3 cm³/mol. The van der Waals surface area contributed by atoms with Gasteiger partial charge in [-0.1, -0.05) is 18.2 Å². The van der Waals surface area contributed by atoms with Gasteiger partial charge in [0.15, 0.2) is 0 Å². The third-order valence-electron chi connectivity index (χ3n) is 2.41. The minimum Gasteiger partial charge on any atom is -0.466 e. The zero-order valence-electron chi connectivity index (χ0n) is 11.5. The average Bonchev–Trinajstić information content (AvgIpc) is 2.41. The van der Waals surface area contributed by atoms with Crippen LogP contribution in [-0.4, -0.2) is 25.2 Å². The smallest absolute Gasteiger partial charge is 0.334 e. The van der Waals surface area contributed by atoms with Gasteiger partial charge in [0.05, 0.1) is 19.6 Å². The monoisotopic (exact) mass is 280 g/mol. The van der Waals surface area contributed by atoms with E-state index < -0.39 is 17.8 Å². The summed E-state index contributed by atoms with van der Waals surface area (Å²) in [6.07, 6.45) is 1.06. The highest BCUT2D eigenvalue weighted by Gasteiger charge is 2.16. The molecular weight excluding hydrogens is 263 g/mol. The van der Waals surface area contributed by atoms with Crippen LogP contribution in [0.15, 0.2) is 29.8 Å². The Labute approximate surface area is 117 Å². The standard InChI is InChI=1S/C15H17FO4/c1-3-19-14(17)10-12(15(18)20-4-2)9-11-7-5-6-8-13(11)16/h5-9H,3-4,10H2,1-2H3. The number of rotatable bonds is 6. The molecule has 0 radical (unpaired) electrons. The quantitative estimate of drug-likeness (QED) is 0.594. The molecule has 1 aromatic rings. The van der Waals surface area contributed by atoms with Crippen LogP contribution in [0.1, 0.15) is 25.8 Å². The summed E-state index contributed by atoms with van der Waals surface area (Å²) in [6.45, 7) is 3.72. The van der Waals surface area contributed by atoms with Crippen molar-refractivity contribution in [2.75, 3.05) is 13.2 Å². The van der Waals surface area contributed by atoms with Gasteiger partial charge in [-0.3, -0.25) is 4.79 Å². The first-order chi connectivity index (χ1) is 9.58. The number of carbonyl (C=O) groups is 2. The lowest BCUT2D eigenvalue weighted by molar-refractivity contribution is -0.145. The molecule has 0 spiro atoms. The number of ether oxygens (including phenoxy) is 2. The maximum absolute atomic E-state index is 13.6. The third kappa shape index (κ3) is 4.84. The molecule has 0 aliphatic carbocycles. The van der Waals surface area contributed by atoms with Crippen LogP contribution >= 0.6 is 0 Å². The van der Waals surface area contributed by atoms with Crippen molar-refractivity contribution in [1.82, 2.24) is 0 Å². The summed E-state index contributed by atoms with van der Waals surface area (Å²) in [7, 11) is 0. The summed E-state index contributed by atoms with van der Waals surface area (Å²) < 4.78 is 23.2. The molecule has 0 fully saturated rings. The molecule has 5 heteroatoms. The lowest BCUT2D eigenvalue weighted by Gasteiger charge is -2.07. The Kier molecular flexibility index (Phi) is 6.43. The van der Waals surface area contributed by atoms with Gasteiger partial charge in [0.1, 0.15) is 5.82 Å². The molecule has 0 heterocycles. The summed E-state index contributed by atoms with van der Waals surface area (Å²) in [4.78, 5) is 23.3. The highest BCUT2D eigenvalue weighted by Crippen LogP contribution is 2.15. The lowest BCUT2D eigenvalue weighted by Crippen LogP contribution is -2.13.